The Morgan fingerprint density at radius 2 is 1.27 bits per heavy atom. The van der Waals surface area contributed by atoms with E-state index in [-0.39, 0.29) is 17.9 Å². The van der Waals surface area contributed by atoms with E-state index in [2.05, 4.69) is 13.8 Å². The van der Waals surface area contributed by atoms with Gasteiger partial charge in [0.05, 0.1) is 0 Å². The quantitative estimate of drug-likeness (QED) is 0.292. The third kappa shape index (κ3) is 14.1. The van der Waals surface area contributed by atoms with Crippen LogP contribution in [0.3, 0.4) is 0 Å². The van der Waals surface area contributed by atoms with Gasteiger partial charge < -0.3 is 4.74 Å². The van der Waals surface area contributed by atoms with Crippen LogP contribution < -0.4 is 0 Å². The van der Waals surface area contributed by atoms with Crippen LogP contribution in [-0.2, 0) is 14.3 Å². The highest BCUT2D eigenvalue weighted by atomic mass is 16.5. The molecule has 1 unspecified atom stereocenters. The number of hydrogen-bond donors (Lipinski definition) is 0. The number of rotatable bonds is 15. The van der Waals surface area contributed by atoms with Gasteiger partial charge in [0.15, 0.2) is 0 Å². The second kappa shape index (κ2) is 15.1. The zero-order valence-electron chi connectivity index (χ0n) is 15.0. The van der Waals surface area contributed by atoms with Crippen molar-refractivity contribution in [3.63, 3.8) is 0 Å². The molecule has 0 fully saturated rings. The molecule has 22 heavy (non-hydrogen) atoms. The molecule has 0 rings (SSSR count). The van der Waals surface area contributed by atoms with Crippen molar-refractivity contribution >= 4 is 11.8 Å². The minimum absolute atomic E-state index is 0.153. The Morgan fingerprint density at radius 3 is 1.82 bits per heavy atom. The SMILES string of the molecule is CCCCCCCC(=O)CC(C)OC(=O)CCCCCCC. The summed E-state index contributed by atoms with van der Waals surface area (Å²) in [6.45, 7) is 6.19. The molecule has 0 aliphatic rings. The van der Waals surface area contributed by atoms with Crippen molar-refractivity contribution < 1.29 is 14.3 Å². The monoisotopic (exact) mass is 312 g/mol. The molecule has 3 heteroatoms. The Hall–Kier alpha value is -0.860. The summed E-state index contributed by atoms with van der Waals surface area (Å²) in [6.07, 6.45) is 12.6. The summed E-state index contributed by atoms with van der Waals surface area (Å²) in [5.74, 6) is 0.0690. The van der Waals surface area contributed by atoms with Crippen LogP contribution in [0.4, 0.5) is 0 Å². The first kappa shape index (κ1) is 21.1. The predicted molar refractivity (Wildman–Crippen MR) is 91.9 cm³/mol. The van der Waals surface area contributed by atoms with Crippen molar-refractivity contribution in [2.45, 2.75) is 110 Å². The van der Waals surface area contributed by atoms with E-state index < -0.39 is 0 Å². The third-order valence-corrected chi connectivity index (χ3v) is 3.89. The van der Waals surface area contributed by atoms with Crippen molar-refractivity contribution in [3.8, 4) is 0 Å². The molecule has 1 atom stereocenters. The second-order valence-electron chi connectivity index (χ2n) is 6.37. The van der Waals surface area contributed by atoms with Crippen LogP contribution in [-0.4, -0.2) is 17.9 Å². The van der Waals surface area contributed by atoms with Gasteiger partial charge in [-0.25, -0.2) is 0 Å². The molecule has 0 heterocycles. The third-order valence-electron chi connectivity index (χ3n) is 3.89. The Morgan fingerprint density at radius 1 is 0.773 bits per heavy atom. The predicted octanol–water partition coefficient (Wildman–Crippen LogP) is 5.60. The van der Waals surface area contributed by atoms with Gasteiger partial charge in [0, 0.05) is 19.3 Å². The summed E-state index contributed by atoms with van der Waals surface area (Å²) in [4.78, 5) is 23.5. The maximum Gasteiger partial charge on any atom is 0.306 e. The highest BCUT2D eigenvalue weighted by molar-refractivity contribution is 5.79. The smallest absolute Gasteiger partial charge is 0.306 e. The van der Waals surface area contributed by atoms with Gasteiger partial charge in [-0.2, -0.15) is 0 Å². The molecule has 3 nitrogen and oxygen atoms in total. The minimum Gasteiger partial charge on any atom is -0.462 e. The fourth-order valence-corrected chi connectivity index (χ4v) is 2.55. The number of carbonyl (C=O) groups is 2. The Labute approximate surface area is 137 Å². The molecule has 0 aromatic rings. The van der Waals surface area contributed by atoms with Gasteiger partial charge in [-0.1, -0.05) is 65.2 Å². The van der Waals surface area contributed by atoms with Crippen LogP contribution in [0.2, 0.25) is 0 Å². The summed E-state index contributed by atoms with van der Waals surface area (Å²) in [5.41, 5.74) is 0. The summed E-state index contributed by atoms with van der Waals surface area (Å²) < 4.78 is 5.31. The van der Waals surface area contributed by atoms with E-state index >= 15 is 0 Å². The summed E-state index contributed by atoms with van der Waals surface area (Å²) >= 11 is 0. The lowest BCUT2D eigenvalue weighted by Crippen LogP contribution is -2.18. The molecule has 0 bridgehead atoms. The number of carbonyl (C=O) groups excluding carboxylic acids is 2. The highest BCUT2D eigenvalue weighted by Crippen LogP contribution is 2.10. The molecule has 0 amide bonds. The van der Waals surface area contributed by atoms with E-state index in [9.17, 15) is 9.59 Å². The fourth-order valence-electron chi connectivity index (χ4n) is 2.55. The lowest BCUT2D eigenvalue weighted by molar-refractivity contribution is -0.149. The summed E-state index contributed by atoms with van der Waals surface area (Å²) in [6, 6.07) is 0. The van der Waals surface area contributed by atoms with Crippen molar-refractivity contribution in [1.82, 2.24) is 0 Å². The van der Waals surface area contributed by atoms with E-state index in [0.717, 1.165) is 25.7 Å². The van der Waals surface area contributed by atoms with E-state index in [1.807, 2.05) is 6.92 Å². The van der Waals surface area contributed by atoms with Gasteiger partial charge >= 0.3 is 5.97 Å². The average Bonchev–Trinajstić information content (AvgIpc) is 2.46. The molecule has 0 aliphatic carbocycles. The molecule has 0 saturated carbocycles. The lowest BCUT2D eigenvalue weighted by Gasteiger charge is -2.12. The molecular formula is C19H36O3. The van der Waals surface area contributed by atoms with Crippen molar-refractivity contribution in [3.05, 3.63) is 0 Å². The molecule has 0 aliphatic heterocycles. The van der Waals surface area contributed by atoms with Crippen LogP contribution in [0.15, 0.2) is 0 Å². The molecule has 0 aromatic carbocycles. The standard InChI is InChI=1S/C19H36O3/c1-4-6-8-10-12-14-18(20)16-17(3)22-19(21)15-13-11-9-7-5-2/h17H,4-16H2,1-3H3. The van der Waals surface area contributed by atoms with Crippen LogP contribution >= 0.6 is 0 Å². The molecule has 0 spiro atoms. The number of hydrogen-bond acceptors (Lipinski definition) is 3. The average molecular weight is 312 g/mol. The van der Waals surface area contributed by atoms with Crippen LogP contribution in [0.25, 0.3) is 0 Å². The van der Waals surface area contributed by atoms with E-state index in [4.69, 9.17) is 4.74 Å². The second-order valence-corrected chi connectivity index (χ2v) is 6.37. The summed E-state index contributed by atoms with van der Waals surface area (Å²) in [5, 5.41) is 0. The first-order chi connectivity index (χ1) is 10.6. The van der Waals surface area contributed by atoms with Crippen LogP contribution in [0.1, 0.15) is 104 Å². The highest BCUT2D eigenvalue weighted by Gasteiger charge is 2.13. The number of ether oxygens (including phenoxy) is 1. The van der Waals surface area contributed by atoms with Gasteiger partial charge in [-0.15, -0.1) is 0 Å². The normalized spacial score (nSPS) is 12.1. The van der Waals surface area contributed by atoms with Gasteiger partial charge in [0.1, 0.15) is 11.9 Å². The first-order valence-corrected chi connectivity index (χ1v) is 9.31. The van der Waals surface area contributed by atoms with E-state index in [1.165, 1.54) is 38.5 Å². The van der Waals surface area contributed by atoms with Gasteiger partial charge in [0.25, 0.3) is 0 Å². The number of esters is 1. The Bertz CT molecular complexity index is 258. The zero-order chi connectivity index (χ0) is 16.6. The maximum atomic E-state index is 11.8. The van der Waals surface area contributed by atoms with E-state index in [0.29, 0.717) is 19.3 Å². The molecule has 130 valence electrons. The Kier molecular flexibility index (Phi) is 14.5. The van der Waals surface area contributed by atoms with Gasteiger partial charge in [0.2, 0.25) is 0 Å². The Balaban J connectivity index is 3.58. The van der Waals surface area contributed by atoms with Gasteiger partial charge in [-0.05, 0) is 19.8 Å². The molecule has 0 aromatic heterocycles. The zero-order valence-corrected chi connectivity index (χ0v) is 15.0. The maximum absolute atomic E-state index is 11.8. The number of Topliss-reactive ketones (excluding diaryl/α,β-unsaturated/α-hetero) is 1. The molecule has 0 radical (unpaired) electrons. The van der Waals surface area contributed by atoms with E-state index in [1.54, 1.807) is 0 Å². The topological polar surface area (TPSA) is 43.4 Å². The van der Waals surface area contributed by atoms with Crippen molar-refractivity contribution in [2.75, 3.05) is 0 Å². The minimum atomic E-state index is -0.272. The fraction of sp³-hybridized carbons (Fsp3) is 0.895. The summed E-state index contributed by atoms with van der Waals surface area (Å²) in [7, 11) is 0. The molecular weight excluding hydrogens is 276 g/mol. The number of ketones is 1. The largest absolute Gasteiger partial charge is 0.462 e. The van der Waals surface area contributed by atoms with Crippen LogP contribution in [0.5, 0.6) is 0 Å². The van der Waals surface area contributed by atoms with Crippen molar-refractivity contribution in [2.24, 2.45) is 0 Å². The van der Waals surface area contributed by atoms with Crippen LogP contribution in [0, 0.1) is 0 Å². The lowest BCUT2D eigenvalue weighted by atomic mass is 10.1. The van der Waals surface area contributed by atoms with Gasteiger partial charge in [-0.3, -0.25) is 9.59 Å². The first-order valence-electron chi connectivity index (χ1n) is 9.31. The molecule has 0 saturated heterocycles. The molecule has 0 N–H and O–H groups in total. The number of unbranched alkanes of at least 4 members (excludes halogenated alkanes) is 8. The van der Waals surface area contributed by atoms with Crippen molar-refractivity contribution in [1.29, 1.82) is 0 Å².